The van der Waals surface area contributed by atoms with E-state index in [1.165, 1.54) is 0 Å². The Hall–Kier alpha value is -4.17. The van der Waals surface area contributed by atoms with Gasteiger partial charge >= 0.3 is 12.2 Å². The van der Waals surface area contributed by atoms with Crippen molar-refractivity contribution in [3.05, 3.63) is 95.6 Å². The van der Waals surface area contributed by atoms with Crippen LogP contribution in [0.5, 0.6) is 0 Å². The van der Waals surface area contributed by atoms with Gasteiger partial charge in [0.1, 0.15) is 19.3 Å². The first kappa shape index (κ1) is 25.9. The molecule has 1 atom stereocenters. The number of unbranched alkanes of at least 4 members (excludes halogenated alkanes) is 1. The first-order valence-electron chi connectivity index (χ1n) is 12.4. The van der Waals surface area contributed by atoms with Crippen LogP contribution in [0.2, 0.25) is 0 Å². The maximum Gasteiger partial charge on any atom is 0.413 e. The summed E-state index contributed by atoms with van der Waals surface area (Å²) in [5, 5.41) is 4.81. The first-order chi connectivity index (χ1) is 18.1. The highest BCUT2D eigenvalue weighted by atomic mass is 16.6. The minimum atomic E-state index is -0.963. The van der Waals surface area contributed by atoms with Crippen molar-refractivity contribution in [1.29, 1.82) is 0 Å². The number of amides is 3. The summed E-state index contributed by atoms with van der Waals surface area (Å²) in [4.78, 5) is 37.7. The molecular weight excluding hydrogens is 470 g/mol. The molecule has 3 aromatic carbocycles. The van der Waals surface area contributed by atoms with Crippen molar-refractivity contribution in [2.75, 3.05) is 13.2 Å². The molecule has 3 amide bonds. The number of ether oxygens (including phenoxy) is 2. The fourth-order valence-corrected chi connectivity index (χ4v) is 4.49. The van der Waals surface area contributed by atoms with Crippen LogP contribution in [-0.4, -0.2) is 37.3 Å². The van der Waals surface area contributed by atoms with Crippen LogP contribution in [0.3, 0.4) is 0 Å². The topological polar surface area (TPSA) is 120 Å². The van der Waals surface area contributed by atoms with Crippen molar-refractivity contribution in [1.82, 2.24) is 10.6 Å². The molecule has 0 spiro atoms. The lowest BCUT2D eigenvalue weighted by Crippen LogP contribution is -2.48. The van der Waals surface area contributed by atoms with Crippen molar-refractivity contribution in [2.24, 2.45) is 5.73 Å². The van der Waals surface area contributed by atoms with Crippen molar-refractivity contribution < 1.29 is 23.9 Å². The summed E-state index contributed by atoms with van der Waals surface area (Å²) >= 11 is 0. The van der Waals surface area contributed by atoms with Crippen molar-refractivity contribution in [3.8, 4) is 11.1 Å². The maximum atomic E-state index is 12.8. The number of carbonyl (C=O) groups is 3. The Bertz CT molecular complexity index is 1190. The number of nitrogens with two attached hydrogens (primary N) is 1. The molecular formula is C29H31N3O5. The lowest BCUT2D eigenvalue weighted by Gasteiger charge is -2.19. The molecule has 3 aromatic rings. The standard InChI is InChI=1S/C29H31N3O5/c30-17-9-8-16-26(31-28(34)36-18-20-10-2-1-3-11-20)27(33)32-29(35)37-19-25-23-14-6-4-12-21(23)22-13-5-7-15-24(22)25/h1-7,10-15,25-26H,8-9,16-19,30H2,(H,31,34)(H,32,33,35). The minimum Gasteiger partial charge on any atom is -0.448 e. The number of carbonyl (C=O) groups excluding carboxylic acids is 3. The molecule has 8 heteroatoms. The monoisotopic (exact) mass is 501 g/mol. The minimum absolute atomic E-state index is 0.0657. The molecule has 0 saturated carbocycles. The largest absolute Gasteiger partial charge is 0.448 e. The molecule has 192 valence electrons. The quantitative estimate of drug-likeness (QED) is 0.353. The number of benzene rings is 3. The van der Waals surface area contributed by atoms with Crippen molar-refractivity contribution in [2.45, 2.75) is 37.8 Å². The third-order valence-electron chi connectivity index (χ3n) is 6.34. The number of rotatable bonds is 10. The van der Waals surface area contributed by atoms with Crippen LogP contribution in [0.4, 0.5) is 9.59 Å². The van der Waals surface area contributed by atoms with Gasteiger partial charge < -0.3 is 20.5 Å². The Kier molecular flexibility index (Phi) is 8.89. The van der Waals surface area contributed by atoms with Gasteiger partial charge in [-0.25, -0.2) is 9.59 Å². The molecule has 4 rings (SSSR count). The number of alkyl carbamates (subject to hydrolysis) is 2. The molecule has 0 fully saturated rings. The van der Waals surface area contributed by atoms with Crippen LogP contribution >= 0.6 is 0 Å². The molecule has 0 aliphatic heterocycles. The van der Waals surface area contributed by atoms with Crippen molar-refractivity contribution >= 4 is 18.1 Å². The van der Waals surface area contributed by atoms with Gasteiger partial charge in [0.25, 0.3) is 5.91 Å². The summed E-state index contributed by atoms with van der Waals surface area (Å²) < 4.78 is 10.7. The number of hydrogen-bond acceptors (Lipinski definition) is 6. The fourth-order valence-electron chi connectivity index (χ4n) is 4.49. The van der Waals surface area contributed by atoms with Gasteiger partial charge in [0.15, 0.2) is 0 Å². The fraction of sp³-hybridized carbons (Fsp3) is 0.276. The summed E-state index contributed by atoms with van der Waals surface area (Å²) in [6.07, 6.45) is -0.0344. The Morgan fingerprint density at radius 2 is 1.41 bits per heavy atom. The van der Waals surface area contributed by atoms with Gasteiger partial charge in [0.05, 0.1) is 0 Å². The van der Waals surface area contributed by atoms with E-state index in [0.717, 1.165) is 27.8 Å². The van der Waals surface area contributed by atoms with E-state index in [2.05, 4.69) is 10.6 Å². The number of hydrogen-bond donors (Lipinski definition) is 3. The van der Waals surface area contributed by atoms with E-state index in [-0.39, 0.29) is 19.1 Å². The first-order valence-corrected chi connectivity index (χ1v) is 12.4. The summed E-state index contributed by atoms with van der Waals surface area (Å²) in [6.45, 7) is 0.604. The summed E-state index contributed by atoms with van der Waals surface area (Å²) in [5.74, 6) is -0.786. The molecule has 0 radical (unpaired) electrons. The van der Waals surface area contributed by atoms with Gasteiger partial charge in [-0.3, -0.25) is 10.1 Å². The molecule has 0 aromatic heterocycles. The smallest absolute Gasteiger partial charge is 0.413 e. The average Bonchev–Trinajstić information content (AvgIpc) is 3.24. The number of nitrogens with one attached hydrogen (secondary N) is 2. The molecule has 1 aliphatic carbocycles. The van der Waals surface area contributed by atoms with E-state index in [1.807, 2.05) is 78.9 Å². The van der Waals surface area contributed by atoms with Crippen LogP contribution in [-0.2, 0) is 20.9 Å². The van der Waals surface area contributed by atoms with Gasteiger partial charge in [-0.2, -0.15) is 0 Å². The number of fused-ring (bicyclic) bond motifs is 3. The predicted molar refractivity (Wildman–Crippen MR) is 140 cm³/mol. The molecule has 8 nitrogen and oxygen atoms in total. The normalized spacial score (nSPS) is 12.7. The van der Waals surface area contributed by atoms with E-state index >= 15 is 0 Å². The summed E-state index contributed by atoms with van der Waals surface area (Å²) in [7, 11) is 0. The van der Waals surface area contributed by atoms with Crippen LogP contribution in [0, 0.1) is 0 Å². The second kappa shape index (κ2) is 12.7. The van der Waals surface area contributed by atoms with Gasteiger partial charge in [-0.05, 0) is 53.6 Å². The molecule has 0 heterocycles. The zero-order chi connectivity index (χ0) is 26.0. The van der Waals surface area contributed by atoms with Crippen LogP contribution < -0.4 is 16.4 Å². The second-order valence-electron chi connectivity index (χ2n) is 8.86. The molecule has 1 aliphatic rings. The zero-order valence-corrected chi connectivity index (χ0v) is 20.5. The Balaban J connectivity index is 1.33. The zero-order valence-electron chi connectivity index (χ0n) is 20.5. The average molecular weight is 502 g/mol. The predicted octanol–water partition coefficient (Wildman–Crippen LogP) is 4.48. The highest BCUT2D eigenvalue weighted by molar-refractivity contribution is 5.96. The van der Waals surface area contributed by atoms with Gasteiger partial charge in [-0.1, -0.05) is 78.9 Å². The van der Waals surface area contributed by atoms with Gasteiger partial charge in [-0.15, -0.1) is 0 Å². The number of imide groups is 1. The Morgan fingerprint density at radius 1 is 0.784 bits per heavy atom. The Morgan fingerprint density at radius 3 is 2.05 bits per heavy atom. The van der Waals surface area contributed by atoms with E-state index in [1.54, 1.807) is 0 Å². The molecule has 1 unspecified atom stereocenters. The van der Waals surface area contributed by atoms with E-state index in [0.29, 0.717) is 25.8 Å². The SMILES string of the molecule is NCCCCC(NC(=O)OCc1ccccc1)C(=O)NC(=O)OCC1c2ccccc2-c2ccccc21. The van der Waals surface area contributed by atoms with Gasteiger partial charge in [0.2, 0.25) is 0 Å². The lowest BCUT2D eigenvalue weighted by molar-refractivity contribution is -0.122. The Labute approximate surface area is 216 Å². The molecule has 0 saturated heterocycles. The van der Waals surface area contributed by atoms with E-state index in [9.17, 15) is 14.4 Å². The third kappa shape index (κ3) is 6.74. The highest BCUT2D eigenvalue weighted by Crippen LogP contribution is 2.44. The molecule has 4 N–H and O–H groups in total. The second-order valence-corrected chi connectivity index (χ2v) is 8.86. The highest BCUT2D eigenvalue weighted by Gasteiger charge is 2.30. The van der Waals surface area contributed by atoms with Crippen LogP contribution in [0.15, 0.2) is 78.9 Å². The molecule has 0 bridgehead atoms. The van der Waals surface area contributed by atoms with E-state index in [4.69, 9.17) is 15.2 Å². The van der Waals surface area contributed by atoms with Gasteiger partial charge in [0, 0.05) is 5.92 Å². The lowest BCUT2D eigenvalue weighted by atomic mass is 9.98. The summed E-state index contributed by atoms with van der Waals surface area (Å²) in [6, 6.07) is 24.2. The molecule has 37 heavy (non-hydrogen) atoms. The van der Waals surface area contributed by atoms with Crippen LogP contribution in [0.1, 0.15) is 41.9 Å². The third-order valence-corrected chi connectivity index (χ3v) is 6.34. The van der Waals surface area contributed by atoms with Crippen LogP contribution in [0.25, 0.3) is 11.1 Å². The summed E-state index contributed by atoms with van der Waals surface area (Å²) in [5.41, 5.74) is 10.8. The van der Waals surface area contributed by atoms with E-state index < -0.39 is 24.1 Å². The van der Waals surface area contributed by atoms with Crippen molar-refractivity contribution in [3.63, 3.8) is 0 Å². The maximum absolute atomic E-state index is 12.8.